The number of nitrogens with zero attached hydrogens (tertiary/aromatic N) is 4. The standard InChI is InChI=1S/C36H43N7O6S/c1-34(2,3)24-19-25(21-26(20-24)41-50(5,47)48)37-33(46)38-36(23-45)15-13-30(28-9-6-7-10-29(28)36)49-27-11-12-31-39-40-32(43(31)22-27)35(4)14-8-16-42(35)17-18-44/h6-7,9-13,15,19-23,30,41,44H,8,14,16-18H2,1-5H3,(H2,37,38,46)/t30-,35+,36-/m1/s1. The van der Waals surface area contributed by atoms with Gasteiger partial charge in [-0.1, -0.05) is 45.0 Å². The Hall–Kier alpha value is -4.79. The molecule has 1 fully saturated rings. The number of fused-ring (bicyclic) bond motifs is 2. The van der Waals surface area contributed by atoms with Gasteiger partial charge in [0, 0.05) is 17.8 Å². The number of amides is 2. The van der Waals surface area contributed by atoms with Crippen LogP contribution in [0.1, 0.15) is 69.2 Å². The van der Waals surface area contributed by atoms with E-state index in [1.165, 1.54) is 6.07 Å². The van der Waals surface area contributed by atoms with Crippen LogP contribution in [0.25, 0.3) is 5.65 Å². The number of sulfonamides is 1. The van der Waals surface area contributed by atoms with Gasteiger partial charge >= 0.3 is 6.03 Å². The Balaban J connectivity index is 1.26. The minimum atomic E-state index is -3.57. The highest BCUT2D eigenvalue weighted by molar-refractivity contribution is 7.92. The maximum Gasteiger partial charge on any atom is 0.320 e. The van der Waals surface area contributed by atoms with E-state index in [0.717, 1.165) is 37.0 Å². The van der Waals surface area contributed by atoms with Gasteiger partial charge in [0.05, 0.1) is 30.3 Å². The molecular formula is C36H43N7O6S. The molecule has 13 nitrogen and oxygen atoms in total. The van der Waals surface area contributed by atoms with Crippen LogP contribution in [0.3, 0.4) is 0 Å². The van der Waals surface area contributed by atoms with Crippen molar-refractivity contribution in [3.05, 3.63) is 95.5 Å². The minimum absolute atomic E-state index is 0.0566. The van der Waals surface area contributed by atoms with Gasteiger partial charge in [0.15, 0.2) is 17.8 Å². The molecule has 1 aliphatic heterocycles. The molecule has 4 aromatic rings. The molecule has 0 radical (unpaired) electrons. The van der Waals surface area contributed by atoms with E-state index >= 15 is 0 Å². The number of aliphatic hydroxyl groups excluding tert-OH is 1. The van der Waals surface area contributed by atoms with E-state index in [9.17, 15) is 23.1 Å². The fourth-order valence-corrected chi connectivity index (χ4v) is 7.41. The van der Waals surface area contributed by atoms with Gasteiger partial charge < -0.3 is 20.5 Å². The van der Waals surface area contributed by atoms with Gasteiger partial charge in [0.1, 0.15) is 17.4 Å². The predicted molar refractivity (Wildman–Crippen MR) is 191 cm³/mol. The third kappa shape index (κ3) is 6.96. The van der Waals surface area contributed by atoms with Crippen molar-refractivity contribution >= 4 is 39.4 Å². The van der Waals surface area contributed by atoms with E-state index in [1.807, 2.05) is 55.6 Å². The van der Waals surface area contributed by atoms with Crippen molar-refractivity contribution in [1.29, 1.82) is 0 Å². The molecule has 14 heteroatoms. The van der Waals surface area contributed by atoms with Crippen LogP contribution in [-0.4, -0.2) is 71.3 Å². The zero-order valence-corrected chi connectivity index (χ0v) is 29.6. The van der Waals surface area contributed by atoms with Gasteiger partial charge in [-0.2, -0.15) is 0 Å². The molecule has 4 N–H and O–H groups in total. The Labute approximate surface area is 291 Å². The van der Waals surface area contributed by atoms with Crippen molar-refractivity contribution in [2.24, 2.45) is 0 Å². The molecule has 0 saturated carbocycles. The summed E-state index contributed by atoms with van der Waals surface area (Å²) in [5.41, 5.74) is 1.12. The van der Waals surface area contributed by atoms with Gasteiger partial charge in [-0.3, -0.25) is 18.8 Å². The highest BCUT2D eigenvalue weighted by Crippen LogP contribution is 2.40. The summed E-state index contributed by atoms with van der Waals surface area (Å²) in [5, 5.41) is 24.2. The fraction of sp³-hybridized carbons (Fsp3) is 0.389. The van der Waals surface area contributed by atoms with Crippen LogP contribution in [0.4, 0.5) is 16.2 Å². The number of ether oxygens (including phenoxy) is 1. The average Bonchev–Trinajstić information content (AvgIpc) is 3.64. The number of anilines is 2. The smallest absolute Gasteiger partial charge is 0.320 e. The average molecular weight is 702 g/mol. The van der Waals surface area contributed by atoms with Crippen LogP contribution >= 0.6 is 0 Å². The lowest BCUT2D eigenvalue weighted by molar-refractivity contribution is -0.111. The quantitative estimate of drug-likeness (QED) is 0.136. The fourth-order valence-electron chi connectivity index (χ4n) is 6.86. The first kappa shape index (κ1) is 35.1. The summed E-state index contributed by atoms with van der Waals surface area (Å²) in [5.74, 6) is 1.32. The molecule has 3 atom stereocenters. The molecule has 2 aliphatic rings. The molecule has 0 bridgehead atoms. The van der Waals surface area contributed by atoms with Crippen molar-refractivity contribution in [1.82, 2.24) is 24.8 Å². The number of urea groups is 1. The molecule has 1 saturated heterocycles. The highest BCUT2D eigenvalue weighted by Gasteiger charge is 2.42. The van der Waals surface area contributed by atoms with Crippen molar-refractivity contribution in [3.8, 4) is 5.75 Å². The molecule has 0 unspecified atom stereocenters. The zero-order valence-electron chi connectivity index (χ0n) is 28.8. The number of rotatable bonds is 10. The van der Waals surface area contributed by atoms with Crippen molar-refractivity contribution in [3.63, 3.8) is 0 Å². The second-order valence-corrected chi connectivity index (χ2v) is 15.9. The highest BCUT2D eigenvalue weighted by atomic mass is 32.2. The topological polar surface area (TPSA) is 167 Å². The van der Waals surface area contributed by atoms with E-state index in [0.29, 0.717) is 46.7 Å². The van der Waals surface area contributed by atoms with Gasteiger partial charge in [-0.25, -0.2) is 13.2 Å². The first-order valence-corrected chi connectivity index (χ1v) is 18.4. The largest absolute Gasteiger partial charge is 0.480 e. The normalized spacial score (nSPS) is 22.2. The SMILES string of the molecule is CC(C)(C)c1cc(NC(=O)N[C@@]2(C=O)C=C[C@@H](Oc3ccc4nnc([C@]5(C)CCCN5CCO)n4c3)c3ccccc32)cc(NS(C)(=O)=O)c1. The van der Waals surface area contributed by atoms with Gasteiger partial charge in [-0.15, -0.1) is 10.2 Å². The number of carbonyl (C=O) groups excluding carboxylic acids is 2. The van der Waals surface area contributed by atoms with Gasteiger partial charge in [-0.05, 0) is 85.3 Å². The number of nitrogens with one attached hydrogen (secondary N) is 3. The number of hydrogen-bond acceptors (Lipinski definition) is 9. The first-order chi connectivity index (χ1) is 23.6. The number of hydrogen-bond donors (Lipinski definition) is 4. The van der Waals surface area contributed by atoms with Crippen LogP contribution < -0.4 is 20.1 Å². The van der Waals surface area contributed by atoms with Crippen LogP contribution in [-0.2, 0) is 31.3 Å². The molecule has 2 aromatic heterocycles. The summed E-state index contributed by atoms with van der Waals surface area (Å²) in [6.07, 6.45) is 8.23. The lowest BCUT2D eigenvalue weighted by Gasteiger charge is -2.34. The Morgan fingerprint density at radius 1 is 1.12 bits per heavy atom. The van der Waals surface area contributed by atoms with E-state index < -0.39 is 33.2 Å². The van der Waals surface area contributed by atoms with Gasteiger partial charge in [0.2, 0.25) is 10.0 Å². The molecule has 0 spiro atoms. The number of likely N-dealkylation sites (tertiary alicyclic amines) is 1. The summed E-state index contributed by atoms with van der Waals surface area (Å²) < 4.78 is 34.9. The summed E-state index contributed by atoms with van der Waals surface area (Å²) >= 11 is 0. The molecule has 50 heavy (non-hydrogen) atoms. The van der Waals surface area contributed by atoms with E-state index in [1.54, 1.807) is 36.4 Å². The third-order valence-electron chi connectivity index (χ3n) is 9.39. The minimum Gasteiger partial charge on any atom is -0.480 e. The van der Waals surface area contributed by atoms with Crippen LogP contribution in [0.15, 0.2) is 72.9 Å². The maximum atomic E-state index is 13.5. The Morgan fingerprint density at radius 3 is 2.60 bits per heavy atom. The van der Waals surface area contributed by atoms with E-state index in [-0.39, 0.29) is 12.0 Å². The second kappa shape index (κ2) is 13.2. The summed E-state index contributed by atoms with van der Waals surface area (Å²) in [6.45, 7) is 9.51. The summed E-state index contributed by atoms with van der Waals surface area (Å²) in [4.78, 5) is 28.6. The number of aldehydes is 1. The zero-order chi connectivity index (χ0) is 35.9. The molecule has 3 heterocycles. The number of carbonyl (C=O) groups is 2. The van der Waals surface area contributed by atoms with Crippen LogP contribution in [0.2, 0.25) is 0 Å². The van der Waals surface area contributed by atoms with Crippen molar-refractivity contribution < 1.29 is 27.9 Å². The Morgan fingerprint density at radius 2 is 1.88 bits per heavy atom. The lowest BCUT2D eigenvalue weighted by atomic mass is 9.81. The second-order valence-electron chi connectivity index (χ2n) is 14.2. The monoisotopic (exact) mass is 701 g/mol. The molecular weight excluding hydrogens is 659 g/mol. The van der Waals surface area contributed by atoms with Gasteiger partial charge in [0.25, 0.3) is 0 Å². The van der Waals surface area contributed by atoms with Crippen LogP contribution in [0.5, 0.6) is 5.75 Å². The number of benzene rings is 2. The maximum absolute atomic E-state index is 13.5. The van der Waals surface area contributed by atoms with E-state index in [4.69, 9.17) is 4.74 Å². The third-order valence-corrected chi connectivity index (χ3v) is 10.00. The predicted octanol–water partition coefficient (Wildman–Crippen LogP) is 4.61. The Bertz CT molecular complexity index is 2070. The molecule has 2 aromatic carbocycles. The first-order valence-electron chi connectivity index (χ1n) is 16.5. The number of β-amino-alcohol motifs (C(OH)–C–C–N with tert-alkyl or cyclic N) is 1. The van der Waals surface area contributed by atoms with Crippen molar-refractivity contribution in [2.45, 2.75) is 63.1 Å². The Kier molecular flexibility index (Phi) is 9.22. The number of pyridine rings is 1. The molecule has 2 amide bonds. The molecule has 6 rings (SSSR count). The van der Waals surface area contributed by atoms with Crippen molar-refractivity contribution in [2.75, 3.05) is 36.0 Å². The molecule has 264 valence electrons. The number of aromatic nitrogens is 3. The summed E-state index contributed by atoms with van der Waals surface area (Å²) in [7, 11) is -3.57. The van der Waals surface area contributed by atoms with Crippen LogP contribution in [0, 0.1) is 0 Å². The van der Waals surface area contributed by atoms with E-state index in [2.05, 4.69) is 37.4 Å². The lowest BCUT2D eigenvalue weighted by Crippen LogP contribution is -2.49. The summed E-state index contributed by atoms with van der Waals surface area (Å²) in [6, 6.07) is 15.3. The number of aliphatic hydroxyl groups is 1. The molecule has 1 aliphatic carbocycles.